The van der Waals surface area contributed by atoms with Crippen molar-refractivity contribution in [1.82, 2.24) is 19.4 Å². The SMILES string of the molecule is Cn1c2ccccc2c2c3c(c4c5ccccc5n(CC(O)CN5CCCC5)c4c21)CNC3=O. The number of nitrogens with one attached hydrogen (secondary N) is 1. The Labute approximate surface area is 197 Å². The van der Waals surface area contributed by atoms with Gasteiger partial charge in [0.25, 0.3) is 5.91 Å². The van der Waals surface area contributed by atoms with Crippen LogP contribution in [-0.2, 0) is 20.1 Å². The minimum Gasteiger partial charge on any atom is -0.390 e. The van der Waals surface area contributed by atoms with Crippen molar-refractivity contribution in [2.24, 2.45) is 7.05 Å². The number of β-amino-alcohol motifs (C(OH)–C–C–N with tert-alkyl or cyclic N) is 1. The van der Waals surface area contributed by atoms with Gasteiger partial charge in [-0.2, -0.15) is 0 Å². The molecular formula is C28H28N4O2. The molecule has 0 spiro atoms. The van der Waals surface area contributed by atoms with Crippen molar-refractivity contribution in [2.45, 2.75) is 32.0 Å². The molecule has 7 rings (SSSR count). The first kappa shape index (κ1) is 20.1. The summed E-state index contributed by atoms with van der Waals surface area (Å²) >= 11 is 0. The molecule has 1 atom stereocenters. The van der Waals surface area contributed by atoms with Gasteiger partial charge < -0.3 is 24.5 Å². The topological polar surface area (TPSA) is 62.4 Å². The molecule has 0 aliphatic carbocycles. The fraction of sp³-hybridized carbons (Fsp3) is 0.321. The lowest BCUT2D eigenvalue weighted by molar-refractivity contribution is 0.0967. The van der Waals surface area contributed by atoms with Gasteiger partial charge in [-0.1, -0.05) is 36.4 Å². The summed E-state index contributed by atoms with van der Waals surface area (Å²) in [5.74, 6) is 0.00384. The minimum atomic E-state index is -0.463. The number of hydrogen-bond acceptors (Lipinski definition) is 3. The summed E-state index contributed by atoms with van der Waals surface area (Å²) in [6.45, 7) is 3.89. The van der Waals surface area contributed by atoms with Crippen LogP contribution in [0.1, 0.15) is 28.8 Å². The van der Waals surface area contributed by atoms with Crippen molar-refractivity contribution in [3.05, 3.63) is 59.7 Å². The Hall–Kier alpha value is -3.35. The zero-order chi connectivity index (χ0) is 23.0. The number of para-hydroxylation sites is 2. The number of likely N-dealkylation sites (tertiary alicyclic amines) is 1. The highest BCUT2D eigenvalue weighted by Gasteiger charge is 2.31. The molecule has 0 bridgehead atoms. The van der Waals surface area contributed by atoms with E-state index in [1.807, 2.05) is 12.1 Å². The summed E-state index contributed by atoms with van der Waals surface area (Å²) in [6, 6.07) is 16.7. The van der Waals surface area contributed by atoms with Crippen LogP contribution >= 0.6 is 0 Å². The maximum Gasteiger partial charge on any atom is 0.252 e. The second-order valence-electron chi connectivity index (χ2n) is 9.85. The quantitative estimate of drug-likeness (QED) is 0.431. The highest BCUT2D eigenvalue weighted by atomic mass is 16.3. The molecule has 1 saturated heterocycles. The molecule has 172 valence electrons. The van der Waals surface area contributed by atoms with E-state index in [9.17, 15) is 9.90 Å². The van der Waals surface area contributed by atoms with Gasteiger partial charge in [-0.15, -0.1) is 0 Å². The molecule has 0 radical (unpaired) electrons. The summed E-state index contributed by atoms with van der Waals surface area (Å²) in [5, 5.41) is 18.7. The van der Waals surface area contributed by atoms with Crippen LogP contribution in [0.15, 0.2) is 48.5 Å². The Morgan fingerprint density at radius 1 is 0.912 bits per heavy atom. The molecule has 2 aliphatic heterocycles. The van der Waals surface area contributed by atoms with Gasteiger partial charge in [0.2, 0.25) is 0 Å². The average molecular weight is 453 g/mol. The molecule has 2 aliphatic rings. The molecule has 5 aromatic rings. The van der Waals surface area contributed by atoms with Crippen LogP contribution in [0.5, 0.6) is 0 Å². The predicted molar refractivity (Wildman–Crippen MR) is 136 cm³/mol. The number of carbonyl (C=O) groups excluding carboxylic acids is 1. The number of aliphatic hydroxyl groups excluding tert-OH is 1. The Morgan fingerprint density at radius 2 is 1.59 bits per heavy atom. The van der Waals surface area contributed by atoms with Gasteiger partial charge in [0.15, 0.2) is 0 Å². The lowest BCUT2D eigenvalue weighted by atomic mass is 9.97. The van der Waals surface area contributed by atoms with E-state index in [0.717, 1.165) is 67.8 Å². The van der Waals surface area contributed by atoms with Crippen molar-refractivity contribution >= 4 is 49.5 Å². The van der Waals surface area contributed by atoms with Crippen LogP contribution in [0.2, 0.25) is 0 Å². The first-order valence-corrected chi connectivity index (χ1v) is 12.2. The number of fused-ring (bicyclic) bond motifs is 10. The third-order valence-corrected chi connectivity index (χ3v) is 7.87. The van der Waals surface area contributed by atoms with Gasteiger partial charge in [0.05, 0.1) is 29.2 Å². The number of benzene rings is 3. The molecule has 2 N–H and O–H groups in total. The van der Waals surface area contributed by atoms with Crippen molar-refractivity contribution in [3.8, 4) is 0 Å². The largest absolute Gasteiger partial charge is 0.390 e. The minimum absolute atomic E-state index is 0.00384. The fourth-order valence-electron chi connectivity index (χ4n) is 6.46. The van der Waals surface area contributed by atoms with Gasteiger partial charge in [-0.25, -0.2) is 0 Å². The van der Waals surface area contributed by atoms with Gasteiger partial charge in [-0.05, 0) is 43.6 Å². The van der Waals surface area contributed by atoms with E-state index in [1.54, 1.807) is 0 Å². The lowest BCUT2D eigenvalue weighted by Crippen LogP contribution is -2.32. The van der Waals surface area contributed by atoms with Crippen molar-refractivity contribution in [3.63, 3.8) is 0 Å². The normalized spacial score (nSPS) is 17.4. The van der Waals surface area contributed by atoms with Crippen molar-refractivity contribution < 1.29 is 9.90 Å². The number of aryl methyl sites for hydroxylation is 1. The number of carbonyl (C=O) groups is 1. The van der Waals surface area contributed by atoms with E-state index in [-0.39, 0.29) is 5.91 Å². The summed E-state index contributed by atoms with van der Waals surface area (Å²) in [5.41, 5.74) is 6.29. The van der Waals surface area contributed by atoms with Crippen LogP contribution in [-0.4, -0.2) is 50.8 Å². The standard InChI is InChI=1S/C28H28N4O2/c1-30-21-10-4-2-8-18(21)24-25-20(14-29-28(25)34)23-19-9-3-5-11-22(19)32(27(23)26(24)30)16-17(33)15-31-12-6-7-13-31/h2-5,8-11,17,33H,6-7,12-16H2,1H3,(H,29,34). The van der Waals surface area contributed by atoms with Gasteiger partial charge >= 0.3 is 0 Å². The molecule has 4 heterocycles. The van der Waals surface area contributed by atoms with Crippen molar-refractivity contribution in [1.29, 1.82) is 0 Å². The van der Waals surface area contributed by atoms with Crippen LogP contribution in [0.25, 0.3) is 43.6 Å². The van der Waals surface area contributed by atoms with Gasteiger partial charge in [0.1, 0.15) is 0 Å². The highest BCUT2D eigenvalue weighted by Crippen LogP contribution is 2.44. The molecule has 0 saturated carbocycles. The zero-order valence-electron chi connectivity index (χ0n) is 19.3. The van der Waals surface area contributed by atoms with Crippen LogP contribution in [0.3, 0.4) is 0 Å². The Balaban J connectivity index is 1.59. The first-order valence-electron chi connectivity index (χ1n) is 12.2. The molecule has 1 unspecified atom stereocenters. The molecule has 2 aromatic heterocycles. The smallest absolute Gasteiger partial charge is 0.252 e. The van der Waals surface area contributed by atoms with Crippen molar-refractivity contribution in [2.75, 3.05) is 19.6 Å². The molecule has 34 heavy (non-hydrogen) atoms. The Bertz CT molecular complexity index is 1620. The van der Waals surface area contributed by atoms with E-state index in [4.69, 9.17) is 0 Å². The van der Waals surface area contributed by atoms with E-state index >= 15 is 0 Å². The zero-order valence-corrected chi connectivity index (χ0v) is 19.3. The maximum absolute atomic E-state index is 13.1. The highest BCUT2D eigenvalue weighted by molar-refractivity contribution is 6.30. The van der Waals surface area contributed by atoms with E-state index in [0.29, 0.717) is 19.6 Å². The third-order valence-electron chi connectivity index (χ3n) is 7.87. The molecule has 1 fully saturated rings. The molecular weight excluding hydrogens is 424 g/mol. The number of rotatable bonds is 4. The van der Waals surface area contributed by atoms with Crippen LogP contribution in [0.4, 0.5) is 0 Å². The molecule has 6 heteroatoms. The summed E-state index contributed by atoms with van der Waals surface area (Å²) in [4.78, 5) is 15.5. The molecule has 3 aromatic carbocycles. The van der Waals surface area contributed by atoms with Gasteiger partial charge in [-0.3, -0.25) is 4.79 Å². The maximum atomic E-state index is 13.1. The number of hydrogen-bond donors (Lipinski definition) is 2. The van der Waals surface area contributed by atoms with E-state index < -0.39 is 6.10 Å². The molecule has 6 nitrogen and oxygen atoms in total. The lowest BCUT2D eigenvalue weighted by Gasteiger charge is -2.21. The summed E-state index contributed by atoms with van der Waals surface area (Å²) < 4.78 is 4.52. The van der Waals surface area contributed by atoms with Crippen LogP contribution < -0.4 is 5.32 Å². The number of aliphatic hydroxyl groups is 1. The number of amides is 1. The van der Waals surface area contributed by atoms with E-state index in [2.05, 4.69) is 62.8 Å². The summed E-state index contributed by atoms with van der Waals surface area (Å²) in [6.07, 6.45) is 1.97. The number of aromatic nitrogens is 2. The molecule has 1 amide bonds. The Morgan fingerprint density at radius 3 is 2.35 bits per heavy atom. The van der Waals surface area contributed by atoms with E-state index in [1.165, 1.54) is 12.8 Å². The third kappa shape index (κ3) is 2.67. The summed E-state index contributed by atoms with van der Waals surface area (Å²) in [7, 11) is 2.09. The monoisotopic (exact) mass is 452 g/mol. The second kappa shape index (κ2) is 7.32. The second-order valence-corrected chi connectivity index (χ2v) is 9.85. The number of nitrogens with zero attached hydrogens (tertiary/aromatic N) is 3. The van der Waals surface area contributed by atoms with Crippen LogP contribution in [0, 0.1) is 0 Å². The Kier molecular flexibility index (Phi) is 4.32. The van der Waals surface area contributed by atoms with Gasteiger partial charge in [0, 0.05) is 52.7 Å². The predicted octanol–water partition coefficient (Wildman–Crippen LogP) is 4.14. The average Bonchev–Trinajstić information content (AvgIpc) is 3.61. The fourth-order valence-corrected chi connectivity index (χ4v) is 6.46. The first-order chi connectivity index (χ1) is 16.6.